The highest BCUT2D eigenvalue weighted by Crippen LogP contribution is 2.13. The minimum absolute atomic E-state index is 0.189. The van der Waals surface area contributed by atoms with Gasteiger partial charge in [-0.05, 0) is 29.8 Å². The Balaban J connectivity index is 2.05. The summed E-state index contributed by atoms with van der Waals surface area (Å²) in [6, 6.07) is 13.1. The van der Waals surface area contributed by atoms with Crippen LogP contribution in [-0.4, -0.2) is 9.38 Å². The molecule has 0 amide bonds. The van der Waals surface area contributed by atoms with Crippen molar-refractivity contribution in [1.29, 1.82) is 0 Å². The zero-order chi connectivity index (χ0) is 13.2. The van der Waals surface area contributed by atoms with Gasteiger partial charge in [0.1, 0.15) is 5.65 Å². The molecule has 0 atom stereocenters. The van der Waals surface area contributed by atoms with Crippen LogP contribution in [0, 0.1) is 0 Å². The normalized spacial score (nSPS) is 10.8. The SMILES string of the molecule is O=c1nc2ccccn2cc1Cc1cccc(Cl)c1. The lowest BCUT2D eigenvalue weighted by Gasteiger charge is -2.04. The van der Waals surface area contributed by atoms with Crippen LogP contribution in [0.5, 0.6) is 0 Å². The van der Waals surface area contributed by atoms with Crippen molar-refractivity contribution in [3.05, 3.63) is 81.4 Å². The fourth-order valence-electron chi connectivity index (χ4n) is 2.04. The summed E-state index contributed by atoms with van der Waals surface area (Å²) in [7, 11) is 0. The van der Waals surface area contributed by atoms with Crippen molar-refractivity contribution >= 4 is 17.2 Å². The second-order valence-corrected chi connectivity index (χ2v) is 4.78. The molecule has 3 aromatic rings. The third-order valence-corrected chi connectivity index (χ3v) is 3.17. The number of hydrogen-bond donors (Lipinski definition) is 0. The van der Waals surface area contributed by atoms with Crippen LogP contribution in [0.2, 0.25) is 5.02 Å². The Kier molecular flexibility index (Phi) is 3.05. The maximum atomic E-state index is 12.0. The maximum Gasteiger partial charge on any atom is 0.276 e. The predicted octanol–water partition coefficient (Wildman–Crippen LogP) is 2.94. The molecular formula is C15H11ClN2O. The van der Waals surface area contributed by atoms with Gasteiger partial charge in [-0.25, -0.2) is 0 Å². The van der Waals surface area contributed by atoms with Gasteiger partial charge in [-0.1, -0.05) is 29.8 Å². The molecular weight excluding hydrogens is 260 g/mol. The van der Waals surface area contributed by atoms with Gasteiger partial charge < -0.3 is 4.40 Å². The molecule has 94 valence electrons. The van der Waals surface area contributed by atoms with E-state index in [1.165, 1.54) is 0 Å². The summed E-state index contributed by atoms with van der Waals surface area (Å²) >= 11 is 5.95. The maximum absolute atomic E-state index is 12.0. The largest absolute Gasteiger partial charge is 0.308 e. The number of rotatable bonds is 2. The summed E-state index contributed by atoms with van der Waals surface area (Å²) in [4.78, 5) is 16.0. The van der Waals surface area contributed by atoms with Gasteiger partial charge >= 0.3 is 0 Å². The molecule has 3 nitrogen and oxygen atoms in total. The Morgan fingerprint density at radius 3 is 2.89 bits per heavy atom. The van der Waals surface area contributed by atoms with Crippen molar-refractivity contribution in [2.45, 2.75) is 6.42 Å². The Hall–Kier alpha value is -2.13. The fraction of sp³-hybridized carbons (Fsp3) is 0.0667. The molecule has 1 aromatic carbocycles. The number of pyridine rings is 1. The molecule has 2 aromatic heterocycles. The van der Waals surface area contributed by atoms with Crippen LogP contribution >= 0.6 is 11.6 Å². The van der Waals surface area contributed by atoms with Gasteiger partial charge in [0.25, 0.3) is 5.56 Å². The molecule has 2 heterocycles. The van der Waals surface area contributed by atoms with Gasteiger partial charge in [0.2, 0.25) is 0 Å². The lowest BCUT2D eigenvalue weighted by molar-refractivity contribution is 1.00. The van der Waals surface area contributed by atoms with Crippen molar-refractivity contribution in [3.63, 3.8) is 0 Å². The van der Waals surface area contributed by atoms with Crippen molar-refractivity contribution < 1.29 is 0 Å². The number of aromatic nitrogens is 2. The second-order valence-electron chi connectivity index (χ2n) is 4.34. The van der Waals surface area contributed by atoms with Crippen LogP contribution in [0.3, 0.4) is 0 Å². The van der Waals surface area contributed by atoms with Crippen LogP contribution in [0.15, 0.2) is 59.7 Å². The first-order chi connectivity index (χ1) is 9.22. The molecule has 0 N–H and O–H groups in total. The molecule has 0 spiro atoms. The summed E-state index contributed by atoms with van der Waals surface area (Å²) < 4.78 is 1.85. The molecule has 0 aliphatic carbocycles. The molecule has 0 aliphatic rings. The zero-order valence-corrected chi connectivity index (χ0v) is 10.8. The molecule has 0 aliphatic heterocycles. The molecule has 0 fully saturated rings. The van der Waals surface area contributed by atoms with Gasteiger partial charge in [-0.3, -0.25) is 4.79 Å². The summed E-state index contributed by atoms with van der Waals surface area (Å²) in [5.74, 6) is 0. The molecule has 0 unspecified atom stereocenters. The van der Waals surface area contributed by atoms with E-state index in [2.05, 4.69) is 4.98 Å². The number of halogens is 1. The van der Waals surface area contributed by atoms with Gasteiger partial charge in [0.05, 0.1) is 0 Å². The van der Waals surface area contributed by atoms with E-state index >= 15 is 0 Å². The summed E-state index contributed by atoms with van der Waals surface area (Å²) in [6.45, 7) is 0. The first kappa shape index (κ1) is 11.9. The van der Waals surface area contributed by atoms with Crippen LogP contribution in [-0.2, 0) is 6.42 Å². The minimum Gasteiger partial charge on any atom is -0.308 e. The molecule has 0 radical (unpaired) electrons. The Morgan fingerprint density at radius 2 is 2.05 bits per heavy atom. The number of benzene rings is 1. The van der Waals surface area contributed by atoms with E-state index in [0.717, 1.165) is 5.56 Å². The molecule has 3 rings (SSSR count). The molecule has 0 saturated carbocycles. The van der Waals surface area contributed by atoms with E-state index in [4.69, 9.17) is 11.6 Å². The molecule has 0 saturated heterocycles. The summed E-state index contributed by atoms with van der Waals surface area (Å²) in [6.07, 6.45) is 4.24. The quantitative estimate of drug-likeness (QED) is 0.717. The Morgan fingerprint density at radius 1 is 1.16 bits per heavy atom. The topological polar surface area (TPSA) is 34.4 Å². The van der Waals surface area contributed by atoms with E-state index < -0.39 is 0 Å². The van der Waals surface area contributed by atoms with E-state index in [1.54, 1.807) is 0 Å². The van der Waals surface area contributed by atoms with Crippen molar-refractivity contribution in [2.75, 3.05) is 0 Å². The fourth-order valence-corrected chi connectivity index (χ4v) is 2.25. The van der Waals surface area contributed by atoms with Gasteiger partial charge in [0.15, 0.2) is 0 Å². The van der Waals surface area contributed by atoms with Crippen molar-refractivity contribution in [3.8, 4) is 0 Å². The van der Waals surface area contributed by atoms with E-state index in [0.29, 0.717) is 22.7 Å². The van der Waals surface area contributed by atoms with Crippen LogP contribution < -0.4 is 5.56 Å². The Bertz CT molecular complexity index is 795. The highest BCUT2D eigenvalue weighted by molar-refractivity contribution is 6.30. The zero-order valence-electron chi connectivity index (χ0n) is 10.1. The van der Waals surface area contributed by atoms with Crippen LogP contribution in [0.25, 0.3) is 5.65 Å². The third-order valence-electron chi connectivity index (χ3n) is 2.94. The smallest absolute Gasteiger partial charge is 0.276 e. The highest BCUT2D eigenvalue weighted by atomic mass is 35.5. The predicted molar refractivity (Wildman–Crippen MR) is 75.7 cm³/mol. The third kappa shape index (κ3) is 2.51. The Labute approximate surface area is 115 Å². The number of fused-ring (bicyclic) bond motifs is 1. The van der Waals surface area contributed by atoms with Gasteiger partial charge in [-0.2, -0.15) is 4.98 Å². The van der Waals surface area contributed by atoms with Crippen LogP contribution in [0.1, 0.15) is 11.1 Å². The second kappa shape index (κ2) is 4.86. The minimum atomic E-state index is -0.189. The number of nitrogens with zero attached hydrogens (tertiary/aromatic N) is 2. The van der Waals surface area contributed by atoms with Gasteiger partial charge in [-0.15, -0.1) is 0 Å². The average molecular weight is 271 g/mol. The average Bonchev–Trinajstić information content (AvgIpc) is 2.40. The molecule has 19 heavy (non-hydrogen) atoms. The summed E-state index contributed by atoms with van der Waals surface area (Å²) in [5, 5.41) is 0.673. The standard InChI is InChI=1S/C15H11ClN2O/c16-13-5-3-4-11(9-13)8-12-10-18-7-2-1-6-14(18)17-15(12)19/h1-7,9-10H,8H2. The first-order valence-electron chi connectivity index (χ1n) is 5.94. The van der Waals surface area contributed by atoms with E-state index in [9.17, 15) is 4.79 Å². The van der Waals surface area contributed by atoms with Crippen molar-refractivity contribution in [1.82, 2.24) is 9.38 Å². The van der Waals surface area contributed by atoms with Gasteiger partial charge in [0, 0.05) is 29.4 Å². The summed E-state index contributed by atoms with van der Waals surface area (Å²) in [5.41, 5.74) is 2.13. The van der Waals surface area contributed by atoms with E-state index in [1.807, 2.05) is 59.3 Å². The lowest BCUT2D eigenvalue weighted by Crippen LogP contribution is -2.15. The lowest BCUT2D eigenvalue weighted by atomic mass is 10.1. The monoisotopic (exact) mass is 270 g/mol. The molecule has 0 bridgehead atoms. The first-order valence-corrected chi connectivity index (χ1v) is 6.31. The van der Waals surface area contributed by atoms with Crippen molar-refractivity contribution in [2.24, 2.45) is 0 Å². The molecule has 4 heteroatoms. The van der Waals surface area contributed by atoms with Crippen LogP contribution in [0.4, 0.5) is 0 Å². The highest BCUT2D eigenvalue weighted by Gasteiger charge is 2.05. The number of hydrogen-bond acceptors (Lipinski definition) is 2. The van der Waals surface area contributed by atoms with E-state index in [-0.39, 0.29) is 5.56 Å².